The molecule has 76 heavy (non-hydrogen) atoms. The summed E-state index contributed by atoms with van der Waals surface area (Å²) in [5.74, 6) is 1.72. The Hall–Kier alpha value is -6.81. The summed E-state index contributed by atoms with van der Waals surface area (Å²) in [6.07, 6.45) is 4.45. The van der Waals surface area contributed by atoms with E-state index in [0.29, 0.717) is 11.4 Å². The zero-order valence-electron chi connectivity index (χ0n) is 46.0. The molecule has 8 aromatic carbocycles. The molecule has 386 valence electrons. The number of rotatable bonds is 7. The van der Waals surface area contributed by atoms with E-state index in [1.807, 2.05) is 6.07 Å². The number of fused-ring (bicyclic) bond motifs is 4. The first kappa shape index (κ1) is 51.3. The van der Waals surface area contributed by atoms with E-state index < -0.39 is 0 Å². The smallest absolute Gasteiger partial charge is 0.148 e. The largest absolute Gasteiger partial charge is 0.507 e. The zero-order chi connectivity index (χ0) is 52.4. The number of hydrogen-bond acceptors (Lipinski definition) is 3. The van der Waals surface area contributed by atoms with E-state index in [4.69, 9.17) is 9.97 Å². The minimum atomic E-state index is -0.154. The summed E-state index contributed by atoms with van der Waals surface area (Å²) in [4.78, 5) is 11.2. The fourth-order valence-electron chi connectivity index (χ4n) is 12.4. The predicted octanol–water partition coefficient (Wildman–Crippen LogP) is 18.2. The van der Waals surface area contributed by atoms with Gasteiger partial charge in [0.25, 0.3) is 0 Å². The first-order chi connectivity index (χ1) is 35.7. The van der Waals surface area contributed by atoms with E-state index in [0.717, 1.165) is 98.3 Å². The molecule has 0 saturated heterocycles. The summed E-state index contributed by atoms with van der Waals surface area (Å²) >= 11 is 0. The maximum atomic E-state index is 12.2. The maximum absolute atomic E-state index is 12.2. The molecule has 0 atom stereocenters. The van der Waals surface area contributed by atoms with Gasteiger partial charge in [0, 0.05) is 37.9 Å². The molecule has 2 aliphatic rings. The van der Waals surface area contributed by atoms with Gasteiger partial charge in [0.1, 0.15) is 11.6 Å². The second-order valence-electron chi connectivity index (χ2n) is 25.3. The SMILES string of the molecule is CC(C)(C)c1ccc(-c2nc3c(-c4[c-]c(-c5nc6ccccc6n5-c5cc6c(cc5-c5ccccc5)C(C)(C)CCC6(C)C)ccc4)cccc3n2-c2cc3c(cc2-c2ccccc2)C(C)(C)CCC3(C)C)c(O)c1.[Pt]. The minimum absolute atomic E-state index is 0. The molecule has 5 nitrogen and oxygen atoms in total. The number of imidazole rings is 2. The minimum Gasteiger partial charge on any atom is -0.507 e. The normalized spacial score (nSPS) is 16.2. The summed E-state index contributed by atoms with van der Waals surface area (Å²) < 4.78 is 4.70. The first-order valence-electron chi connectivity index (χ1n) is 27.1. The molecule has 2 aromatic heterocycles. The third-order valence-corrected chi connectivity index (χ3v) is 17.3. The molecule has 0 unspecified atom stereocenters. The van der Waals surface area contributed by atoms with Gasteiger partial charge in [0.05, 0.1) is 39.1 Å². The van der Waals surface area contributed by atoms with Gasteiger partial charge >= 0.3 is 0 Å². The Morgan fingerprint density at radius 2 is 0.921 bits per heavy atom. The van der Waals surface area contributed by atoms with E-state index in [1.54, 1.807) is 0 Å². The van der Waals surface area contributed by atoms with Gasteiger partial charge in [-0.1, -0.05) is 178 Å². The second-order valence-corrected chi connectivity index (χ2v) is 25.3. The van der Waals surface area contributed by atoms with Crippen molar-refractivity contribution in [1.29, 1.82) is 0 Å². The Morgan fingerprint density at radius 1 is 0.447 bits per heavy atom. The first-order valence-corrected chi connectivity index (χ1v) is 27.1. The standard InChI is InChI=1S/C70H69N4O.Pt/c1-66(2,3)48-32-33-50(62(75)39-48)65-72-63-49(28-21-31-59(63)74(65)61-43-56-54(68(6,7)35-37-70(56,10)11)41-52(61)45-24-16-13-17-25-45)46-26-20-27-47(38-46)64-71-57-29-18-19-30-58(57)73(64)60-42-55-53(67(4,5)34-36-69(55,8)9)40-51(60)44-22-14-12-15-23-44;/h12-33,39-43,75H,34-37H2,1-11H3;/q-1;. The van der Waals surface area contributed by atoms with Crippen molar-refractivity contribution in [2.75, 3.05) is 0 Å². The molecule has 10 aromatic rings. The van der Waals surface area contributed by atoms with Crippen LogP contribution >= 0.6 is 0 Å². The predicted molar refractivity (Wildman–Crippen MR) is 313 cm³/mol. The molecule has 0 bridgehead atoms. The van der Waals surface area contributed by atoms with Crippen LogP contribution in [-0.4, -0.2) is 24.2 Å². The molecule has 0 spiro atoms. The number of benzene rings is 8. The van der Waals surface area contributed by atoms with Gasteiger partial charge in [0.2, 0.25) is 0 Å². The van der Waals surface area contributed by atoms with Gasteiger partial charge in [-0.2, -0.15) is 0 Å². The van der Waals surface area contributed by atoms with Crippen molar-refractivity contribution >= 4 is 22.1 Å². The van der Waals surface area contributed by atoms with Crippen LogP contribution in [0.4, 0.5) is 0 Å². The molecule has 0 radical (unpaired) electrons. The Labute approximate surface area is 464 Å². The van der Waals surface area contributed by atoms with Gasteiger partial charge in [-0.05, 0) is 146 Å². The fourth-order valence-corrected chi connectivity index (χ4v) is 12.4. The van der Waals surface area contributed by atoms with Crippen molar-refractivity contribution in [1.82, 2.24) is 19.1 Å². The van der Waals surface area contributed by atoms with Crippen LogP contribution in [0.1, 0.15) is 130 Å². The number of aromatic nitrogens is 4. The van der Waals surface area contributed by atoms with Crippen LogP contribution in [0.5, 0.6) is 5.75 Å². The fraction of sp³-hybridized carbons (Fsp3) is 0.286. The van der Waals surface area contributed by atoms with Crippen LogP contribution in [0.2, 0.25) is 0 Å². The van der Waals surface area contributed by atoms with Crippen molar-refractivity contribution in [2.24, 2.45) is 0 Å². The monoisotopic (exact) mass is 1180 g/mol. The number of phenols is 1. The Morgan fingerprint density at radius 3 is 1.46 bits per heavy atom. The van der Waals surface area contributed by atoms with Gasteiger partial charge in [-0.3, -0.25) is 9.55 Å². The third kappa shape index (κ3) is 8.58. The van der Waals surface area contributed by atoms with Crippen molar-refractivity contribution < 1.29 is 26.2 Å². The van der Waals surface area contributed by atoms with E-state index in [9.17, 15) is 5.11 Å². The molecule has 1 N–H and O–H groups in total. The summed E-state index contributed by atoms with van der Waals surface area (Å²) in [5, 5.41) is 12.2. The second kappa shape index (κ2) is 18.4. The Balaban J connectivity index is 0.00000616. The molecule has 0 amide bonds. The molecular formula is C70H69N4OPt-. The Kier molecular flexibility index (Phi) is 12.4. The van der Waals surface area contributed by atoms with Crippen molar-refractivity contribution in [3.05, 3.63) is 198 Å². The van der Waals surface area contributed by atoms with Gasteiger partial charge in [-0.25, -0.2) is 4.98 Å². The van der Waals surface area contributed by atoms with Gasteiger partial charge in [0.15, 0.2) is 0 Å². The summed E-state index contributed by atoms with van der Waals surface area (Å²) in [5.41, 5.74) is 20.4. The van der Waals surface area contributed by atoms with E-state index in [1.165, 1.54) is 33.4 Å². The van der Waals surface area contributed by atoms with E-state index in [2.05, 4.69) is 249 Å². The average Bonchev–Trinajstić information content (AvgIpc) is 3.99. The maximum Gasteiger partial charge on any atom is 0.148 e. The summed E-state index contributed by atoms with van der Waals surface area (Å²) in [6.45, 7) is 25.7. The Bertz CT molecular complexity index is 3880. The summed E-state index contributed by atoms with van der Waals surface area (Å²) in [7, 11) is 0. The summed E-state index contributed by atoms with van der Waals surface area (Å²) in [6, 6.07) is 63.0. The van der Waals surface area contributed by atoms with Crippen LogP contribution in [0, 0.1) is 6.07 Å². The molecule has 12 rings (SSSR count). The molecule has 0 aliphatic heterocycles. The van der Waals surface area contributed by atoms with E-state index in [-0.39, 0.29) is 53.9 Å². The van der Waals surface area contributed by atoms with Gasteiger partial charge in [-0.15, -0.1) is 29.8 Å². The zero-order valence-corrected chi connectivity index (χ0v) is 48.2. The van der Waals surface area contributed by atoms with Crippen LogP contribution in [0.15, 0.2) is 164 Å². The van der Waals surface area contributed by atoms with Crippen LogP contribution in [0.3, 0.4) is 0 Å². The van der Waals surface area contributed by atoms with Crippen LogP contribution in [0.25, 0.3) is 89.6 Å². The molecule has 0 fully saturated rings. The number of hydrogen-bond donors (Lipinski definition) is 1. The third-order valence-electron chi connectivity index (χ3n) is 17.3. The average molecular weight is 1180 g/mol. The number of nitrogens with zero attached hydrogens (tertiary/aromatic N) is 4. The van der Waals surface area contributed by atoms with E-state index >= 15 is 0 Å². The molecule has 2 aliphatic carbocycles. The number of aromatic hydroxyl groups is 1. The number of phenolic OH excluding ortho intramolecular Hbond substituents is 1. The quantitative estimate of drug-likeness (QED) is 0.162. The molecular weight excluding hydrogens is 1110 g/mol. The number of para-hydroxylation sites is 3. The van der Waals surface area contributed by atoms with Crippen LogP contribution in [-0.2, 0) is 48.1 Å². The topological polar surface area (TPSA) is 55.9 Å². The van der Waals surface area contributed by atoms with Gasteiger partial charge < -0.3 is 9.67 Å². The molecule has 0 saturated carbocycles. The van der Waals surface area contributed by atoms with Crippen molar-refractivity contribution in [3.8, 4) is 73.3 Å². The molecule has 6 heteroatoms. The van der Waals surface area contributed by atoms with Crippen LogP contribution < -0.4 is 0 Å². The van der Waals surface area contributed by atoms with Crippen molar-refractivity contribution in [3.63, 3.8) is 0 Å². The van der Waals surface area contributed by atoms with Crippen molar-refractivity contribution in [2.45, 2.75) is 129 Å². The molecule has 2 heterocycles.